The summed E-state index contributed by atoms with van der Waals surface area (Å²) in [5, 5.41) is 3.27. The largest absolute Gasteiger partial charge is 0.416 e. The van der Waals surface area contributed by atoms with E-state index in [1.54, 1.807) is 0 Å². The van der Waals surface area contributed by atoms with E-state index in [0.717, 1.165) is 18.9 Å². The van der Waals surface area contributed by atoms with E-state index in [9.17, 15) is 13.2 Å². The van der Waals surface area contributed by atoms with Crippen LogP contribution in [-0.2, 0) is 17.5 Å². The Labute approximate surface area is 114 Å². The SMILES string of the molecule is FC(F)(F)c1cccc(Cl)c1CNC1CCOCC1. The van der Waals surface area contributed by atoms with Crippen molar-refractivity contribution in [1.29, 1.82) is 0 Å². The summed E-state index contributed by atoms with van der Waals surface area (Å²) in [5.41, 5.74) is -0.553. The van der Waals surface area contributed by atoms with Gasteiger partial charge < -0.3 is 10.1 Å². The molecule has 0 saturated carbocycles. The molecule has 2 rings (SSSR count). The van der Waals surface area contributed by atoms with E-state index in [1.807, 2.05) is 0 Å². The van der Waals surface area contributed by atoms with E-state index in [-0.39, 0.29) is 23.2 Å². The topological polar surface area (TPSA) is 21.3 Å². The Morgan fingerprint density at radius 3 is 2.58 bits per heavy atom. The average Bonchev–Trinajstić information content (AvgIpc) is 2.37. The molecular formula is C13H15ClF3NO. The van der Waals surface area contributed by atoms with Crippen molar-refractivity contribution in [3.63, 3.8) is 0 Å². The zero-order valence-electron chi connectivity index (χ0n) is 10.3. The van der Waals surface area contributed by atoms with Crippen LogP contribution in [-0.4, -0.2) is 19.3 Å². The van der Waals surface area contributed by atoms with E-state index in [4.69, 9.17) is 16.3 Å². The first-order valence-electron chi connectivity index (χ1n) is 6.14. The zero-order chi connectivity index (χ0) is 13.9. The van der Waals surface area contributed by atoms with Gasteiger partial charge in [0.05, 0.1) is 5.56 Å². The third-order valence-electron chi connectivity index (χ3n) is 3.21. The van der Waals surface area contributed by atoms with Crippen LogP contribution in [0, 0.1) is 0 Å². The van der Waals surface area contributed by atoms with Gasteiger partial charge in [0.1, 0.15) is 0 Å². The van der Waals surface area contributed by atoms with Crippen molar-refractivity contribution in [2.45, 2.75) is 31.6 Å². The molecule has 1 saturated heterocycles. The molecule has 0 spiro atoms. The third-order valence-corrected chi connectivity index (χ3v) is 3.57. The molecule has 0 unspecified atom stereocenters. The predicted molar refractivity (Wildman–Crippen MR) is 67.1 cm³/mol. The molecule has 0 radical (unpaired) electrons. The molecule has 6 heteroatoms. The number of benzene rings is 1. The number of hydrogen-bond donors (Lipinski definition) is 1. The van der Waals surface area contributed by atoms with Gasteiger partial charge in [-0.05, 0) is 30.5 Å². The number of halogens is 4. The van der Waals surface area contributed by atoms with Crippen LogP contribution in [0.25, 0.3) is 0 Å². The molecule has 0 atom stereocenters. The minimum atomic E-state index is -4.38. The lowest BCUT2D eigenvalue weighted by atomic mass is 10.0. The van der Waals surface area contributed by atoms with Crippen LogP contribution >= 0.6 is 11.6 Å². The fraction of sp³-hybridized carbons (Fsp3) is 0.538. The van der Waals surface area contributed by atoms with E-state index in [1.165, 1.54) is 12.1 Å². The normalized spacial score (nSPS) is 17.7. The summed E-state index contributed by atoms with van der Waals surface area (Å²) < 4.78 is 43.9. The van der Waals surface area contributed by atoms with Crippen molar-refractivity contribution < 1.29 is 17.9 Å². The second-order valence-electron chi connectivity index (χ2n) is 4.53. The van der Waals surface area contributed by atoms with E-state index < -0.39 is 11.7 Å². The molecule has 1 aromatic rings. The van der Waals surface area contributed by atoms with Crippen LogP contribution in [0.4, 0.5) is 13.2 Å². The van der Waals surface area contributed by atoms with Crippen LogP contribution in [0.2, 0.25) is 5.02 Å². The molecule has 1 aliphatic heterocycles. The minimum Gasteiger partial charge on any atom is -0.381 e. The van der Waals surface area contributed by atoms with Gasteiger partial charge in [0, 0.05) is 30.8 Å². The summed E-state index contributed by atoms with van der Waals surface area (Å²) in [5.74, 6) is 0. The van der Waals surface area contributed by atoms with Gasteiger partial charge in [0.2, 0.25) is 0 Å². The lowest BCUT2D eigenvalue weighted by Gasteiger charge is -2.24. The van der Waals surface area contributed by atoms with Crippen molar-refractivity contribution in [1.82, 2.24) is 5.32 Å². The van der Waals surface area contributed by atoms with Crippen molar-refractivity contribution in [3.05, 3.63) is 34.3 Å². The molecule has 0 aromatic heterocycles. The number of hydrogen-bond acceptors (Lipinski definition) is 2. The third kappa shape index (κ3) is 3.84. The zero-order valence-corrected chi connectivity index (χ0v) is 11.0. The lowest BCUT2D eigenvalue weighted by molar-refractivity contribution is -0.138. The lowest BCUT2D eigenvalue weighted by Crippen LogP contribution is -2.34. The molecule has 0 bridgehead atoms. The number of nitrogens with one attached hydrogen (secondary N) is 1. The van der Waals surface area contributed by atoms with Crippen molar-refractivity contribution in [2.24, 2.45) is 0 Å². The molecule has 1 aliphatic rings. The molecule has 0 aliphatic carbocycles. The summed E-state index contributed by atoms with van der Waals surface area (Å²) in [7, 11) is 0. The molecule has 106 valence electrons. The highest BCUT2D eigenvalue weighted by molar-refractivity contribution is 6.31. The van der Waals surface area contributed by atoms with Crippen molar-refractivity contribution in [2.75, 3.05) is 13.2 Å². The fourth-order valence-electron chi connectivity index (χ4n) is 2.15. The quantitative estimate of drug-likeness (QED) is 0.919. The van der Waals surface area contributed by atoms with E-state index in [0.29, 0.717) is 13.2 Å². The van der Waals surface area contributed by atoms with Gasteiger partial charge in [-0.25, -0.2) is 0 Å². The Kier molecular flexibility index (Phi) is 4.71. The van der Waals surface area contributed by atoms with Crippen molar-refractivity contribution in [3.8, 4) is 0 Å². The highest BCUT2D eigenvalue weighted by Gasteiger charge is 2.34. The summed E-state index contributed by atoms with van der Waals surface area (Å²) in [6.07, 6.45) is -2.75. The minimum absolute atomic E-state index is 0.114. The fourth-order valence-corrected chi connectivity index (χ4v) is 2.39. The smallest absolute Gasteiger partial charge is 0.381 e. The van der Waals surface area contributed by atoms with Crippen molar-refractivity contribution >= 4 is 11.6 Å². The maximum Gasteiger partial charge on any atom is 0.416 e. The first-order valence-corrected chi connectivity index (χ1v) is 6.52. The summed E-state index contributed by atoms with van der Waals surface area (Å²) in [4.78, 5) is 0. The molecule has 1 aromatic carbocycles. The van der Waals surface area contributed by atoms with E-state index in [2.05, 4.69) is 5.32 Å². The first-order chi connectivity index (χ1) is 8.98. The predicted octanol–water partition coefficient (Wildman–Crippen LogP) is 3.63. The van der Waals surface area contributed by atoms with Gasteiger partial charge in [-0.3, -0.25) is 0 Å². The van der Waals surface area contributed by atoms with Crippen LogP contribution < -0.4 is 5.32 Å². The highest BCUT2D eigenvalue weighted by Crippen LogP contribution is 2.35. The average molecular weight is 294 g/mol. The van der Waals surface area contributed by atoms with E-state index >= 15 is 0 Å². The Balaban J connectivity index is 2.10. The van der Waals surface area contributed by atoms with Crippen LogP contribution in [0.3, 0.4) is 0 Å². The van der Waals surface area contributed by atoms with Gasteiger partial charge in [-0.15, -0.1) is 0 Å². The standard InChI is InChI=1S/C13H15ClF3NO/c14-12-3-1-2-11(13(15,16)17)10(12)8-18-9-4-6-19-7-5-9/h1-3,9,18H,4-8H2. The highest BCUT2D eigenvalue weighted by atomic mass is 35.5. The Hall–Kier alpha value is -0.780. The van der Waals surface area contributed by atoms with Gasteiger partial charge >= 0.3 is 6.18 Å². The molecular weight excluding hydrogens is 279 g/mol. The molecule has 1 fully saturated rings. The number of rotatable bonds is 3. The molecule has 19 heavy (non-hydrogen) atoms. The van der Waals surface area contributed by atoms with Gasteiger partial charge in [0.15, 0.2) is 0 Å². The maximum atomic E-state index is 12.9. The second-order valence-corrected chi connectivity index (χ2v) is 4.94. The maximum absolute atomic E-state index is 12.9. The number of alkyl halides is 3. The van der Waals surface area contributed by atoms with Crippen LogP contribution in [0.15, 0.2) is 18.2 Å². The van der Waals surface area contributed by atoms with Gasteiger partial charge in [0.25, 0.3) is 0 Å². The first kappa shape index (κ1) is 14.6. The van der Waals surface area contributed by atoms with Crippen LogP contribution in [0.5, 0.6) is 0 Å². The monoisotopic (exact) mass is 293 g/mol. The Bertz CT molecular complexity index is 430. The number of ether oxygens (including phenoxy) is 1. The van der Waals surface area contributed by atoms with Gasteiger partial charge in [-0.2, -0.15) is 13.2 Å². The second kappa shape index (κ2) is 6.11. The summed E-state index contributed by atoms with van der Waals surface area (Å²) >= 11 is 5.89. The summed E-state index contributed by atoms with van der Waals surface area (Å²) in [6.45, 7) is 1.41. The van der Waals surface area contributed by atoms with Gasteiger partial charge in [-0.1, -0.05) is 17.7 Å². The van der Waals surface area contributed by atoms with Crippen LogP contribution in [0.1, 0.15) is 24.0 Å². The molecule has 0 amide bonds. The molecule has 2 nitrogen and oxygen atoms in total. The Morgan fingerprint density at radius 1 is 1.26 bits per heavy atom. The molecule has 1 heterocycles. The summed E-state index contributed by atoms with van der Waals surface area (Å²) in [6, 6.07) is 4.06. The molecule has 1 N–H and O–H groups in total. The Morgan fingerprint density at radius 2 is 1.95 bits per heavy atom.